The predicted octanol–water partition coefficient (Wildman–Crippen LogP) is 11.9. The van der Waals surface area contributed by atoms with E-state index in [0.29, 0.717) is 0 Å². The zero-order valence-electron chi connectivity index (χ0n) is 27.6. The highest BCUT2D eigenvalue weighted by molar-refractivity contribution is 6.19. The highest BCUT2D eigenvalue weighted by Crippen LogP contribution is 2.55. The molecule has 7 aromatic carbocycles. The maximum atomic E-state index is 2.56. The summed E-state index contributed by atoms with van der Waals surface area (Å²) in [6.07, 6.45) is 0. The summed E-state index contributed by atoms with van der Waals surface area (Å²) in [5.74, 6) is 0. The van der Waals surface area contributed by atoms with Gasteiger partial charge in [-0.15, -0.1) is 0 Å². The molecule has 3 heteroatoms. The van der Waals surface area contributed by atoms with Crippen molar-refractivity contribution < 1.29 is 0 Å². The van der Waals surface area contributed by atoms with Crippen LogP contribution < -0.4 is 4.90 Å². The second-order valence-electron chi connectivity index (χ2n) is 13.9. The molecule has 10 rings (SSSR count). The van der Waals surface area contributed by atoms with Crippen LogP contribution in [-0.2, 0) is 19.5 Å². The first-order valence-corrected chi connectivity index (χ1v) is 16.8. The Balaban J connectivity index is 1.40. The van der Waals surface area contributed by atoms with Gasteiger partial charge in [-0.3, -0.25) is 0 Å². The number of aromatic nitrogens is 2. The molecule has 0 aliphatic heterocycles. The van der Waals surface area contributed by atoms with Crippen LogP contribution in [-0.4, -0.2) is 9.13 Å². The summed E-state index contributed by atoms with van der Waals surface area (Å²) in [5, 5.41) is 7.61. The van der Waals surface area contributed by atoms with Crippen molar-refractivity contribution in [3.63, 3.8) is 0 Å². The van der Waals surface area contributed by atoms with E-state index in [1.54, 1.807) is 0 Å². The van der Waals surface area contributed by atoms with Gasteiger partial charge in [0.05, 0.1) is 28.1 Å². The lowest BCUT2D eigenvalue weighted by molar-refractivity contribution is 0.661. The number of hydrogen-bond donors (Lipinski definition) is 0. The molecule has 9 aromatic rings. The van der Waals surface area contributed by atoms with Crippen LogP contribution in [0.4, 0.5) is 17.1 Å². The monoisotopic (exact) mass is 617 g/mol. The van der Waals surface area contributed by atoms with Gasteiger partial charge in [0.25, 0.3) is 0 Å². The number of para-hydroxylation sites is 4. The van der Waals surface area contributed by atoms with Crippen molar-refractivity contribution in [3.05, 3.63) is 151 Å². The minimum absolute atomic E-state index is 0.145. The summed E-state index contributed by atoms with van der Waals surface area (Å²) < 4.78 is 4.76. The van der Waals surface area contributed by atoms with Crippen LogP contribution in [0.5, 0.6) is 0 Å². The van der Waals surface area contributed by atoms with Crippen molar-refractivity contribution >= 4 is 71.4 Å². The zero-order chi connectivity index (χ0) is 32.3. The molecule has 0 atom stereocenters. The van der Waals surface area contributed by atoms with Crippen LogP contribution >= 0.6 is 0 Å². The van der Waals surface area contributed by atoms with Crippen LogP contribution in [0.2, 0.25) is 0 Å². The SMILES string of the molecule is Cn1c2ccccc2c2cccc(N(c3cc4c(c5ccccc35)-c3ccccc3C4(C)C)c3cccc4c5ccccc5n(C)c34)c21. The van der Waals surface area contributed by atoms with Crippen molar-refractivity contribution in [2.45, 2.75) is 19.3 Å². The summed E-state index contributed by atoms with van der Waals surface area (Å²) in [6, 6.07) is 51.7. The third kappa shape index (κ3) is 3.43. The molecule has 230 valence electrons. The smallest absolute Gasteiger partial charge is 0.0733 e. The number of fused-ring (bicyclic) bond motifs is 11. The fraction of sp³-hybridized carbons (Fsp3) is 0.111. The Bertz CT molecular complexity index is 2670. The van der Waals surface area contributed by atoms with Gasteiger partial charge in [-0.2, -0.15) is 0 Å². The first-order chi connectivity index (χ1) is 23.4. The van der Waals surface area contributed by atoms with Gasteiger partial charge in [0.15, 0.2) is 0 Å². The molecule has 0 amide bonds. The normalized spacial score (nSPS) is 13.6. The molecule has 48 heavy (non-hydrogen) atoms. The minimum atomic E-state index is -0.145. The molecule has 0 saturated heterocycles. The first-order valence-electron chi connectivity index (χ1n) is 16.8. The summed E-state index contributed by atoms with van der Waals surface area (Å²) in [7, 11) is 4.43. The van der Waals surface area contributed by atoms with Gasteiger partial charge in [-0.25, -0.2) is 0 Å². The van der Waals surface area contributed by atoms with E-state index in [2.05, 4.69) is 182 Å². The Kier molecular flexibility index (Phi) is 5.48. The molecule has 0 fully saturated rings. The second kappa shape index (κ2) is 9.62. The number of rotatable bonds is 3. The fourth-order valence-electron chi connectivity index (χ4n) is 8.90. The number of benzene rings is 7. The molecule has 3 nitrogen and oxygen atoms in total. The van der Waals surface area contributed by atoms with Crippen molar-refractivity contribution in [1.29, 1.82) is 0 Å². The summed E-state index contributed by atoms with van der Waals surface area (Å²) in [4.78, 5) is 2.56. The average Bonchev–Trinajstić information content (AvgIpc) is 3.68. The zero-order valence-corrected chi connectivity index (χ0v) is 27.6. The van der Waals surface area contributed by atoms with E-state index in [1.807, 2.05) is 0 Å². The molecule has 2 heterocycles. The topological polar surface area (TPSA) is 13.1 Å². The van der Waals surface area contributed by atoms with Gasteiger partial charge < -0.3 is 14.0 Å². The molecule has 2 aromatic heterocycles. The van der Waals surface area contributed by atoms with Gasteiger partial charge in [0.1, 0.15) is 0 Å². The summed E-state index contributed by atoms with van der Waals surface area (Å²) >= 11 is 0. The number of anilines is 3. The van der Waals surface area contributed by atoms with Crippen molar-refractivity contribution in [2.24, 2.45) is 14.1 Å². The van der Waals surface area contributed by atoms with E-state index in [1.165, 1.54) is 93.7 Å². The second-order valence-corrected chi connectivity index (χ2v) is 13.9. The minimum Gasteiger partial charge on any atom is -0.342 e. The maximum Gasteiger partial charge on any atom is 0.0733 e. The molecule has 0 spiro atoms. The number of nitrogens with zero attached hydrogens (tertiary/aromatic N) is 3. The van der Waals surface area contributed by atoms with E-state index in [-0.39, 0.29) is 5.41 Å². The molecule has 1 aliphatic rings. The van der Waals surface area contributed by atoms with Crippen LogP contribution in [0.1, 0.15) is 25.0 Å². The fourth-order valence-corrected chi connectivity index (χ4v) is 8.90. The van der Waals surface area contributed by atoms with E-state index in [0.717, 1.165) is 0 Å². The van der Waals surface area contributed by atoms with Crippen LogP contribution in [0, 0.1) is 0 Å². The Morgan fingerprint density at radius 2 is 0.917 bits per heavy atom. The van der Waals surface area contributed by atoms with Crippen LogP contribution in [0.3, 0.4) is 0 Å². The standard InChI is InChI=1S/C45H35N3/c1-45(2)35-22-10-7-19-34(35)42-31-18-6-5-15-28(31)41(27-36(42)45)48(39-25-13-20-32-29-16-8-11-23-37(29)46(3)43(32)39)40-26-14-21-33-30-17-9-12-24-38(30)47(4)44(33)40/h5-27H,1-4H3. The molecule has 0 bridgehead atoms. The third-order valence-corrected chi connectivity index (χ3v) is 11.1. The van der Waals surface area contributed by atoms with Crippen molar-refractivity contribution in [1.82, 2.24) is 9.13 Å². The van der Waals surface area contributed by atoms with Gasteiger partial charge in [-0.1, -0.05) is 123 Å². The van der Waals surface area contributed by atoms with E-state index >= 15 is 0 Å². The molecule has 1 aliphatic carbocycles. The molecular formula is C45H35N3. The third-order valence-electron chi connectivity index (χ3n) is 11.1. The van der Waals surface area contributed by atoms with Gasteiger partial charge >= 0.3 is 0 Å². The van der Waals surface area contributed by atoms with Gasteiger partial charge in [0.2, 0.25) is 0 Å². The summed E-state index contributed by atoms with van der Waals surface area (Å²) in [5.41, 5.74) is 13.8. The Morgan fingerprint density at radius 1 is 0.438 bits per heavy atom. The lowest BCUT2D eigenvalue weighted by Crippen LogP contribution is -2.17. The van der Waals surface area contributed by atoms with Crippen LogP contribution in [0.15, 0.2) is 140 Å². The highest BCUT2D eigenvalue weighted by atomic mass is 15.2. The lowest BCUT2D eigenvalue weighted by atomic mass is 9.81. The average molecular weight is 618 g/mol. The Labute approximate surface area is 279 Å². The number of aryl methyl sites for hydroxylation is 2. The van der Waals surface area contributed by atoms with E-state index < -0.39 is 0 Å². The molecular weight excluding hydrogens is 583 g/mol. The molecule has 0 radical (unpaired) electrons. The van der Waals surface area contributed by atoms with Crippen molar-refractivity contribution in [3.8, 4) is 11.1 Å². The first kappa shape index (κ1) is 27.3. The van der Waals surface area contributed by atoms with E-state index in [4.69, 9.17) is 0 Å². The Morgan fingerprint density at radius 3 is 1.52 bits per heavy atom. The van der Waals surface area contributed by atoms with Gasteiger partial charge in [0, 0.05) is 57.5 Å². The highest BCUT2D eigenvalue weighted by Gasteiger charge is 2.38. The molecule has 0 N–H and O–H groups in total. The Hall–Kier alpha value is -5.80. The van der Waals surface area contributed by atoms with Gasteiger partial charge in [-0.05, 0) is 58.0 Å². The molecule has 0 unspecified atom stereocenters. The quantitative estimate of drug-likeness (QED) is 0.192. The maximum absolute atomic E-state index is 2.56. The number of hydrogen-bond acceptors (Lipinski definition) is 1. The predicted molar refractivity (Wildman–Crippen MR) is 204 cm³/mol. The lowest BCUT2D eigenvalue weighted by Gasteiger charge is -2.31. The van der Waals surface area contributed by atoms with Crippen LogP contribution in [0.25, 0.3) is 65.5 Å². The molecule has 0 saturated carbocycles. The van der Waals surface area contributed by atoms with E-state index in [9.17, 15) is 0 Å². The van der Waals surface area contributed by atoms with Crippen molar-refractivity contribution in [2.75, 3.05) is 4.90 Å². The summed E-state index contributed by atoms with van der Waals surface area (Å²) in [6.45, 7) is 4.77. The largest absolute Gasteiger partial charge is 0.342 e.